The summed E-state index contributed by atoms with van der Waals surface area (Å²) in [6, 6.07) is 84.6. The molecule has 0 fully saturated rings. The SMILES string of the molecule is c1ccc(-c2nc(-c3ccccc3)nc(-c3cc(-c4nc(-c5ccccc5)nc(-c5cccc6c5sc5ccccc56)n4)ccc3-n3c4ccccc4c4cc5c(cc43)c3ccccc3n5-c3ccccc3)n2)cc1. The Labute approximate surface area is 434 Å². The van der Waals surface area contributed by atoms with Crippen LogP contribution in [-0.4, -0.2) is 39.0 Å². The largest absolute Gasteiger partial charge is 0.309 e. The summed E-state index contributed by atoms with van der Waals surface area (Å²) in [5.41, 5.74) is 11.6. The van der Waals surface area contributed by atoms with E-state index in [1.54, 1.807) is 11.3 Å². The van der Waals surface area contributed by atoms with Crippen LogP contribution in [0.15, 0.2) is 243 Å². The van der Waals surface area contributed by atoms with Crippen LogP contribution in [0.3, 0.4) is 0 Å². The molecule has 0 saturated heterocycles. The summed E-state index contributed by atoms with van der Waals surface area (Å²) in [5.74, 6) is 3.36. The maximum absolute atomic E-state index is 5.39. The van der Waals surface area contributed by atoms with E-state index < -0.39 is 0 Å². The summed E-state index contributed by atoms with van der Waals surface area (Å²) in [7, 11) is 0. The summed E-state index contributed by atoms with van der Waals surface area (Å²) >= 11 is 1.76. The number of nitrogens with zero attached hydrogens (tertiary/aromatic N) is 8. The second-order valence-electron chi connectivity index (χ2n) is 18.7. The summed E-state index contributed by atoms with van der Waals surface area (Å²) in [5, 5.41) is 6.98. The lowest BCUT2D eigenvalue weighted by atomic mass is 10.0. The highest BCUT2D eigenvalue weighted by molar-refractivity contribution is 7.26. The fraction of sp³-hybridized carbons (Fsp3) is 0. The molecule has 0 radical (unpaired) electrons. The van der Waals surface area contributed by atoms with Crippen molar-refractivity contribution in [3.05, 3.63) is 243 Å². The van der Waals surface area contributed by atoms with Crippen LogP contribution in [0, 0.1) is 0 Å². The molecule has 5 heterocycles. The average molecular weight is 977 g/mol. The maximum atomic E-state index is 5.39. The van der Waals surface area contributed by atoms with Gasteiger partial charge in [-0.3, -0.25) is 0 Å². The summed E-state index contributed by atoms with van der Waals surface area (Å²) in [4.78, 5) is 31.8. The van der Waals surface area contributed by atoms with Gasteiger partial charge in [0.1, 0.15) is 0 Å². The molecule has 10 aromatic carbocycles. The van der Waals surface area contributed by atoms with E-state index in [0.717, 1.165) is 87.7 Å². The lowest BCUT2D eigenvalue weighted by Gasteiger charge is -2.16. The van der Waals surface area contributed by atoms with Crippen molar-refractivity contribution in [1.29, 1.82) is 0 Å². The molecule has 9 heteroatoms. The standard InChI is InChI=1S/C66H40N8S/c1-5-20-41(21-6-1)61-67-62(42-22-7-2-8-23-42)71-66(70-61)53-38-44(64-68-63(43-24-9-3-10-25-43)69-65(72-64)50-32-19-31-49-48-30-15-18-35-59(48)75-60(49)50)36-37-56(53)74-55-34-17-14-29-47(55)52-39-57-51(40-58(52)74)46-28-13-16-33-54(46)73(57)45-26-11-4-12-27-45/h1-40H. The monoisotopic (exact) mass is 976 g/mol. The molecule has 0 saturated carbocycles. The molecule has 350 valence electrons. The van der Waals surface area contributed by atoms with Crippen molar-refractivity contribution in [2.45, 2.75) is 0 Å². The Morgan fingerprint density at radius 2 is 0.707 bits per heavy atom. The van der Waals surface area contributed by atoms with Crippen molar-refractivity contribution in [3.8, 4) is 79.7 Å². The number of fused-ring (bicyclic) bond motifs is 9. The molecule has 0 unspecified atom stereocenters. The third-order valence-corrected chi connectivity index (χ3v) is 15.4. The van der Waals surface area contributed by atoms with E-state index in [9.17, 15) is 0 Å². The highest BCUT2D eigenvalue weighted by atomic mass is 32.1. The van der Waals surface area contributed by atoms with Gasteiger partial charge in [-0.1, -0.05) is 176 Å². The Bertz CT molecular complexity index is 4640. The van der Waals surface area contributed by atoms with Crippen LogP contribution >= 0.6 is 11.3 Å². The highest BCUT2D eigenvalue weighted by Gasteiger charge is 2.24. The van der Waals surface area contributed by atoms with Gasteiger partial charge >= 0.3 is 0 Å². The van der Waals surface area contributed by atoms with E-state index >= 15 is 0 Å². The van der Waals surface area contributed by atoms with Crippen molar-refractivity contribution in [2.75, 3.05) is 0 Å². The van der Waals surface area contributed by atoms with Gasteiger partial charge in [0.15, 0.2) is 34.9 Å². The molecule has 15 aromatic rings. The number of aromatic nitrogens is 8. The third-order valence-electron chi connectivity index (χ3n) is 14.2. The lowest BCUT2D eigenvalue weighted by molar-refractivity contribution is 1.06. The van der Waals surface area contributed by atoms with E-state index in [1.807, 2.05) is 78.9 Å². The van der Waals surface area contributed by atoms with Gasteiger partial charge in [-0.05, 0) is 66.7 Å². The van der Waals surface area contributed by atoms with Crippen LogP contribution in [0.5, 0.6) is 0 Å². The fourth-order valence-electron chi connectivity index (χ4n) is 10.8. The fourth-order valence-corrected chi connectivity index (χ4v) is 12.0. The molecule has 75 heavy (non-hydrogen) atoms. The van der Waals surface area contributed by atoms with Crippen molar-refractivity contribution in [3.63, 3.8) is 0 Å². The van der Waals surface area contributed by atoms with Crippen molar-refractivity contribution >= 4 is 75.1 Å². The second-order valence-corrected chi connectivity index (χ2v) is 19.7. The maximum Gasteiger partial charge on any atom is 0.166 e. The van der Waals surface area contributed by atoms with E-state index in [-0.39, 0.29) is 0 Å². The van der Waals surface area contributed by atoms with E-state index in [1.165, 1.54) is 20.9 Å². The van der Waals surface area contributed by atoms with Gasteiger partial charge in [-0.15, -0.1) is 11.3 Å². The van der Waals surface area contributed by atoms with Crippen molar-refractivity contribution in [2.24, 2.45) is 0 Å². The van der Waals surface area contributed by atoms with Crippen molar-refractivity contribution < 1.29 is 0 Å². The molecular formula is C66H40N8S. The van der Waals surface area contributed by atoms with Crippen LogP contribution in [-0.2, 0) is 0 Å². The minimum Gasteiger partial charge on any atom is -0.309 e. The first-order chi connectivity index (χ1) is 37.2. The Hall–Kier alpha value is -9.96. The van der Waals surface area contributed by atoms with Gasteiger partial charge < -0.3 is 9.13 Å². The molecule has 0 aliphatic heterocycles. The summed E-state index contributed by atoms with van der Waals surface area (Å²) < 4.78 is 7.10. The lowest BCUT2D eigenvalue weighted by Crippen LogP contribution is -2.05. The van der Waals surface area contributed by atoms with Gasteiger partial charge in [0.05, 0.1) is 27.8 Å². The van der Waals surface area contributed by atoms with Crippen molar-refractivity contribution in [1.82, 2.24) is 39.0 Å². The smallest absolute Gasteiger partial charge is 0.166 e. The molecule has 0 bridgehead atoms. The predicted molar refractivity (Wildman–Crippen MR) is 307 cm³/mol. The molecule has 5 aromatic heterocycles. The molecule has 0 aliphatic rings. The Kier molecular flexibility index (Phi) is 9.89. The average Bonchev–Trinajstić information content (AvgIpc) is 4.18. The van der Waals surface area contributed by atoms with Crippen LogP contribution in [0.25, 0.3) is 143 Å². The summed E-state index contributed by atoms with van der Waals surface area (Å²) in [6.07, 6.45) is 0. The summed E-state index contributed by atoms with van der Waals surface area (Å²) in [6.45, 7) is 0. The Morgan fingerprint density at radius 1 is 0.267 bits per heavy atom. The van der Waals surface area contributed by atoms with E-state index in [4.69, 9.17) is 29.9 Å². The molecule has 0 N–H and O–H groups in total. The van der Waals surface area contributed by atoms with Gasteiger partial charge in [0.25, 0.3) is 0 Å². The van der Waals surface area contributed by atoms with E-state index in [0.29, 0.717) is 34.9 Å². The van der Waals surface area contributed by atoms with Crippen LogP contribution in [0.2, 0.25) is 0 Å². The molecule has 0 aliphatic carbocycles. The molecule has 0 amide bonds. The second kappa shape index (κ2) is 17.4. The molecule has 8 nitrogen and oxygen atoms in total. The first kappa shape index (κ1) is 42.7. The molecule has 0 atom stereocenters. The van der Waals surface area contributed by atoms with Crippen LogP contribution in [0.1, 0.15) is 0 Å². The van der Waals surface area contributed by atoms with E-state index in [2.05, 4.69) is 173 Å². The number of rotatable bonds is 8. The van der Waals surface area contributed by atoms with Gasteiger partial charge in [-0.2, -0.15) is 0 Å². The normalized spacial score (nSPS) is 11.7. The zero-order valence-electron chi connectivity index (χ0n) is 40.1. The molecular weight excluding hydrogens is 937 g/mol. The number of benzene rings is 10. The predicted octanol–water partition coefficient (Wildman–Crippen LogP) is 16.6. The number of thiophene rings is 1. The van der Waals surface area contributed by atoms with Crippen LogP contribution in [0.4, 0.5) is 0 Å². The highest BCUT2D eigenvalue weighted by Crippen LogP contribution is 2.43. The molecule has 15 rings (SSSR count). The minimum absolute atomic E-state index is 0.514. The van der Waals surface area contributed by atoms with Gasteiger partial charge in [0, 0.05) is 80.8 Å². The van der Waals surface area contributed by atoms with Gasteiger partial charge in [0.2, 0.25) is 0 Å². The quantitative estimate of drug-likeness (QED) is 0.151. The first-order valence-electron chi connectivity index (χ1n) is 24.9. The zero-order chi connectivity index (χ0) is 49.4. The van der Waals surface area contributed by atoms with Gasteiger partial charge in [-0.25, -0.2) is 29.9 Å². The third kappa shape index (κ3) is 7.12. The molecule has 0 spiro atoms. The topological polar surface area (TPSA) is 87.2 Å². The number of hydrogen-bond donors (Lipinski definition) is 0. The Balaban J connectivity index is 1.03. The van der Waals surface area contributed by atoms with Crippen LogP contribution < -0.4 is 0 Å². The number of para-hydroxylation sites is 3. The number of hydrogen-bond acceptors (Lipinski definition) is 7. The first-order valence-corrected chi connectivity index (χ1v) is 25.8. The Morgan fingerprint density at radius 3 is 1.29 bits per heavy atom. The minimum atomic E-state index is 0.514. The zero-order valence-corrected chi connectivity index (χ0v) is 40.9.